The van der Waals surface area contributed by atoms with Crippen molar-refractivity contribution in [2.75, 3.05) is 26.2 Å². The SMILES string of the molecule is O=C(C(=O)N1CCN(C(=O)c2ccccc2)CC1)c1c[nH]c2ncccc12. The van der Waals surface area contributed by atoms with Crippen molar-refractivity contribution >= 4 is 28.6 Å². The number of pyridine rings is 1. The number of ketones is 1. The molecule has 1 aliphatic rings. The van der Waals surface area contributed by atoms with Crippen LogP contribution in [0.5, 0.6) is 0 Å². The van der Waals surface area contributed by atoms with Gasteiger partial charge in [-0.05, 0) is 24.3 Å². The van der Waals surface area contributed by atoms with E-state index in [1.165, 1.54) is 11.1 Å². The summed E-state index contributed by atoms with van der Waals surface area (Å²) in [6.07, 6.45) is 3.14. The minimum atomic E-state index is -0.558. The molecule has 0 saturated carbocycles. The first-order valence-electron chi connectivity index (χ1n) is 8.75. The third-order valence-corrected chi connectivity index (χ3v) is 4.76. The molecule has 2 aromatic heterocycles. The Hall–Kier alpha value is -3.48. The molecule has 0 spiro atoms. The van der Waals surface area contributed by atoms with Crippen molar-refractivity contribution in [1.29, 1.82) is 0 Å². The van der Waals surface area contributed by atoms with Crippen LogP contribution in [0.1, 0.15) is 20.7 Å². The van der Waals surface area contributed by atoms with E-state index in [0.29, 0.717) is 48.3 Å². The number of H-pyrrole nitrogens is 1. The average molecular weight is 362 g/mol. The lowest BCUT2D eigenvalue weighted by Crippen LogP contribution is -2.52. The summed E-state index contributed by atoms with van der Waals surface area (Å²) in [4.78, 5) is 48.0. The van der Waals surface area contributed by atoms with Gasteiger partial charge < -0.3 is 14.8 Å². The Morgan fingerprint density at radius 1 is 0.889 bits per heavy atom. The zero-order chi connectivity index (χ0) is 18.8. The molecule has 7 nitrogen and oxygen atoms in total. The van der Waals surface area contributed by atoms with E-state index >= 15 is 0 Å². The molecule has 136 valence electrons. The molecule has 0 bridgehead atoms. The number of carbonyl (C=O) groups excluding carboxylic acids is 3. The summed E-state index contributed by atoms with van der Waals surface area (Å²) < 4.78 is 0. The molecule has 1 saturated heterocycles. The summed E-state index contributed by atoms with van der Waals surface area (Å²) in [6.45, 7) is 1.48. The maximum Gasteiger partial charge on any atom is 0.295 e. The fraction of sp³-hybridized carbons (Fsp3) is 0.200. The van der Waals surface area contributed by atoms with Crippen molar-refractivity contribution in [1.82, 2.24) is 19.8 Å². The van der Waals surface area contributed by atoms with E-state index in [9.17, 15) is 14.4 Å². The van der Waals surface area contributed by atoms with Gasteiger partial charge in [0.1, 0.15) is 5.65 Å². The molecule has 0 radical (unpaired) electrons. The molecule has 3 heterocycles. The van der Waals surface area contributed by atoms with Crippen LogP contribution in [0, 0.1) is 0 Å². The Balaban J connectivity index is 1.43. The third-order valence-electron chi connectivity index (χ3n) is 4.76. The van der Waals surface area contributed by atoms with E-state index in [0.717, 1.165) is 0 Å². The van der Waals surface area contributed by atoms with Crippen LogP contribution in [0.25, 0.3) is 11.0 Å². The van der Waals surface area contributed by atoms with Crippen molar-refractivity contribution in [3.63, 3.8) is 0 Å². The number of nitrogens with one attached hydrogen (secondary N) is 1. The number of hydrogen-bond donors (Lipinski definition) is 1. The summed E-state index contributed by atoms with van der Waals surface area (Å²) in [7, 11) is 0. The molecule has 27 heavy (non-hydrogen) atoms. The molecule has 0 atom stereocenters. The second-order valence-corrected chi connectivity index (χ2v) is 6.38. The predicted molar refractivity (Wildman–Crippen MR) is 99.3 cm³/mol. The summed E-state index contributed by atoms with van der Waals surface area (Å²) in [5.41, 5.74) is 1.53. The zero-order valence-corrected chi connectivity index (χ0v) is 14.6. The molecule has 1 aromatic carbocycles. The maximum absolute atomic E-state index is 12.6. The number of fused-ring (bicyclic) bond motifs is 1. The second-order valence-electron chi connectivity index (χ2n) is 6.38. The Bertz CT molecular complexity index is 1000. The number of nitrogens with zero attached hydrogens (tertiary/aromatic N) is 3. The van der Waals surface area contributed by atoms with Gasteiger partial charge in [-0.3, -0.25) is 14.4 Å². The lowest BCUT2D eigenvalue weighted by atomic mass is 10.1. The number of amides is 2. The molecular formula is C20H18N4O3. The first-order chi connectivity index (χ1) is 13.1. The van der Waals surface area contributed by atoms with Crippen LogP contribution in [0.15, 0.2) is 54.9 Å². The number of piperazine rings is 1. The van der Waals surface area contributed by atoms with Gasteiger partial charge in [0.25, 0.3) is 17.6 Å². The van der Waals surface area contributed by atoms with Gasteiger partial charge >= 0.3 is 0 Å². The topological polar surface area (TPSA) is 86.4 Å². The first-order valence-corrected chi connectivity index (χ1v) is 8.75. The van der Waals surface area contributed by atoms with Crippen LogP contribution in [0.4, 0.5) is 0 Å². The highest BCUT2D eigenvalue weighted by molar-refractivity contribution is 6.44. The van der Waals surface area contributed by atoms with Gasteiger partial charge in [-0.2, -0.15) is 0 Å². The highest BCUT2D eigenvalue weighted by Crippen LogP contribution is 2.18. The quantitative estimate of drug-likeness (QED) is 0.568. The molecule has 3 aromatic rings. The third kappa shape index (κ3) is 3.19. The zero-order valence-electron chi connectivity index (χ0n) is 14.6. The van der Waals surface area contributed by atoms with Gasteiger partial charge in [0.05, 0.1) is 5.56 Å². The molecule has 1 fully saturated rings. The van der Waals surface area contributed by atoms with Crippen LogP contribution in [0.2, 0.25) is 0 Å². The predicted octanol–water partition coefficient (Wildman–Crippen LogP) is 1.73. The van der Waals surface area contributed by atoms with Crippen molar-refractivity contribution in [3.05, 3.63) is 66.0 Å². The minimum Gasteiger partial charge on any atom is -0.345 e. The Morgan fingerprint density at radius 2 is 1.59 bits per heavy atom. The number of hydrogen-bond acceptors (Lipinski definition) is 4. The number of carbonyl (C=O) groups is 3. The van der Waals surface area contributed by atoms with Crippen molar-refractivity contribution in [2.24, 2.45) is 0 Å². The van der Waals surface area contributed by atoms with E-state index in [2.05, 4.69) is 9.97 Å². The molecule has 1 N–H and O–H groups in total. The summed E-state index contributed by atoms with van der Waals surface area (Å²) in [5.74, 6) is -1.17. The van der Waals surface area contributed by atoms with Crippen molar-refractivity contribution < 1.29 is 14.4 Å². The van der Waals surface area contributed by atoms with Crippen LogP contribution >= 0.6 is 0 Å². The second kappa shape index (κ2) is 7.03. The van der Waals surface area contributed by atoms with Gasteiger partial charge in [-0.1, -0.05) is 18.2 Å². The van der Waals surface area contributed by atoms with Crippen LogP contribution < -0.4 is 0 Å². The molecular weight excluding hydrogens is 344 g/mol. The van der Waals surface area contributed by atoms with E-state index in [1.807, 2.05) is 18.2 Å². The molecule has 7 heteroatoms. The molecule has 1 aliphatic heterocycles. The van der Waals surface area contributed by atoms with E-state index in [1.54, 1.807) is 35.4 Å². The van der Waals surface area contributed by atoms with E-state index in [-0.39, 0.29) is 5.91 Å². The van der Waals surface area contributed by atoms with Gasteiger partial charge in [0, 0.05) is 49.5 Å². The van der Waals surface area contributed by atoms with Gasteiger partial charge in [-0.25, -0.2) is 4.98 Å². The number of aromatic amines is 1. The molecule has 4 rings (SSSR count). The van der Waals surface area contributed by atoms with Gasteiger partial charge in [0.2, 0.25) is 0 Å². The average Bonchev–Trinajstić information content (AvgIpc) is 3.17. The largest absolute Gasteiger partial charge is 0.345 e. The summed E-state index contributed by atoms with van der Waals surface area (Å²) in [6, 6.07) is 12.5. The Labute approximate surface area is 155 Å². The highest BCUT2D eigenvalue weighted by atomic mass is 16.2. The number of rotatable bonds is 3. The van der Waals surface area contributed by atoms with Crippen molar-refractivity contribution in [2.45, 2.75) is 0 Å². The van der Waals surface area contributed by atoms with E-state index in [4.69, 9.17) is 0 Å². The number of aromatic nitrogens is 2. The summed E-state index contributed by atoms with van der Waals surface area (Å²) >= 11 is 0. The smallest absolute Gasteiger partial charge is 0.295 e. The number of Topliss-reactive ketones (excluding diaryl/α,β-unsaturated/α-hetero) is 1. The monoisotopic (exact) mass is 362 g/mol. The van der Waals surface area contributed by atoms with E-state index < -0.39 is 11.7 Å². The number of benzene rings is 1. The minimum absolute atomic E-state index is 0.0586. The fourth-order valence-electron chi connectivity index (χ4n) is 3.28. The standard InChI is InChI=1S/C20H18N4O3/c25-17(16-13-22-18-15(16)7-4-8-21-18)20(27)24-11-9-23(10-12-24)19(26)14-5-2-1-3-6-14/h1-8,13H,9-12H2,(H,21,22). The fourth-order valence-corrected chi connectivity index (χ4v) is 3.28. The molecule has 0 aliphatic carbocycles. The van der Waals surface area contributed by atoms with Crippen LogP contribution in [-0.4, -0.2) is 63.5 Å². The van der Waals surface area contributed by atoms with Crippen molar-refractivity contribution in [3.8, 4) is 0 Å². The van der Waals surface area contributed by atoms with Gasteiger partial charge in [0.15, 0.2) is 0 Å². The highest BCUT2D eigenvalue weighted by Gasteiger charge is 2.30. The van der Waals surface area contributed by atoms with Gasteiger partial charge in [-0.15, -0.1) is 0 Å². The maximum atomic E-state index is 12.6. The lowest BCUT2D eigenvalue weighted by Gasteiger charge is -2.34. The molecule has 0 unspecified atom stereocenters. The Kier molecular flexibility index (Phi) is 4.42. The van der Waals surface area contributed by atoms with Crippen LogP contribution in [0.3, 0.4) is 0 Å². The molecule has 2 amide bonds. The first kappa shape index (κ1) is 17.0. The summed E-state index contributed by atoms with van der Waals surface area (Å²) in [5, 5.41) is 0.633. The lowest BCUT2D eigenvalue weighted by molar-refractivity contribution is -0.127. The normalized spacial score (nSPS) is 14.4. The Morgan fingerprint density at radius 3 is 2.33 bits per heavy atom. The van der Waals surface area contributed by atoms with Crippen LogP contribution in [-0.2, 0) is 4.79 Å².